The molecule has 1 aromatic rings. The molecule has 126 valence electrons. The molecule has 0 aromatic carbocycles. The van der Waals surface area contributed by atoms with Crippen molar-refractivity contribution >= 4 is 17.8 Å². The van der Waals surface area contributed by atoms with Crippen molar-refractivity contribution in [1.82, 2.24) is 10.2 Å². The second-order valence-corrected chi connectivity index (χ2v) is 5.75. The summed E-state index contributed by atoms with van der Waals surface area (Å²) in [6.45, 7) is 1.32. The summed E-state index contributed by atoms with van der Waals surface area (Å²) in [5.41, 5.74) is 0. The number of aliphatic carboxylic acids is 1. The van der Waals surface area contributed by atoms with E-state index in [1.165, 1.54) is 0 Å². The van der Waals surface area contributed by atoms with E-state index >= 15 is 0 Å². The number of hydrogen-bond donors (Lipinski definition) is 2. The second kappa shape index (κ2) is 8.36. The zero-order chi connectivity index (χ0) is 16.7. The van der Waals surface area contributed by atoms with E-state index in [0.29, 0.717) is 31.8 Å². The number of carboxylic acids is 1. The molecule has 7 heteroatoms. The molecule has 2 N–H and O–H groups in total. The van der Waals surface area contributed by atoms with Gasteiger partial charge in [-0.05, 0) is 25.0 Å². The lowest BCUT2D eigenvalue weighted by molar-refractivity contribution is -0.137. The smallest absolute Gasteiger partial charge is 0.303 e. The molecule has 1 unspecified atom stereocenters. The van der Waals surface area contributed by atoms with Crippen LogP contribution < -0.4 is 5.32 Å². The lowest BCUT2D eigenvalue weighted by Gasteiger charge is -2.15. The van der Waals surface area contributed by atoms with Gasteiger partial charge in [-0.2, -0.15) is 0 Å². The summed E-state index contributed by atoms with van der Waals surface area (Å²) in [6, 6.07) is 3.57. The van der Waals surface area contributed by atoms with Gasteiger partial charge in [0.05, 0.1) is 18.7 Å². The summed E-state index contributed by atoms with van der Waals surface area (Å²) in [5.74, 6) is -0.564. The molecule has 2 rings (SSSR count). The monoisotopic (exact) mass is 322 g/mol. The summed E-state index contributed by atoms with van der Waals surface area (Å²) >= 11 is 0. The van der Waals surface area contributed by atoms with Gasteiger partial charge in [0.1, 0.15) is 5.76 Å². The molecule has 1 aliphatic rings. The number of carbonyl (C=O) groups is 3. The van der Waals surface area contributed by atoms with Crippen LogP contribution in [0.3, 0.4) is 0 Å². The number of hydrogen-bond acceptors (Lipinski definition) is 4. The number of unbranched alkanes of at least 4 members (excludes halogenated alkanes) is 2. The molecule has 1 fully saturated rings. The number of furan rings is 1. The highest BCUT2D eigenvalue weighted by Gasteiger charge is 2.34. The number of nitrogens with zero attached hydrogens (tertiary/aromatic N) is 1. The highest BCUT2D eigenvalue weighted by Crippen LogP contribution is 2.20. The van der Waals surface area contributed by atoms with Gasteiger partial charge in [0.2, 0.25) is 11.8 Å². The largest absolute Gasteiger partial charge is 0.481 e. The molecule has 2 heterocycles. The number of carboxylic acid groups (broad SMARTS) is 1. The van der Waals surface area contributed by atoms with Gasteiger partial charge in [0.25, 0.3) is 0 Å². The molecule has 2 amide bonds. The first-order chi connectivity index (χ1) is 11.1. The Balaban J connectivity index is 1.65. The molecule has 0 saturated carbocycles. The summed E-state index contributed by atoms with van der Waals surface area (Å²) < 4.78 is 5.22. The highest BCUT2D eigenvalue weighted by atomic mass is 16.4. The van der Waals surface area contributed by atoms with Gasteiger partial charge in [0, 0.05) is 25.9 Å². The van der Waals surface area contributed by atoms with Gasteiger partial charge in [-0.1, -0.05) is 6.42 Å². The minimum absolute atomic E-state index is 0.0389. The predicted octanol–water partition coefficient (Wildman–Crippen LogP) is 1.39. The molecule has 0 aliphatic carbocycles. The Morgan fingerprint density at radius 1 is 1.35 bits per heavy atom. The summed E-state index contributed by atoms with van der Waals surface area (Å²) in [7, 11) is 0. The van der Waals surface area contributed by atoms with Crippen LogP contribution in [-0.2, 0) is 20.9 Å². The van der Waals surface area contributed by atoms with Crippen LogP contribution in [0, 0.1) is 5.92 Å². The van der Waals surface area contributed by atoms with E-state index in [2.05, 4.69) is 5.32 Å². The second-order valence-electron chi connectivity index (χ2n) is 5.75. The number of likely N-dealkylation sites (tertiary alicyclic amines) is 1. The van der Waals surface area contributed by atoms with Crippen molar-refractivity contribution in [3.8, 4) is 0 Å². The Bertz CT molecular complexity index is 541. The Morgan fingerprint density at radius 2 is 2.17 bits per heavy atom. The average molecular weight is 322 g/mol. The van der Waals surface area contributed by atoms with Crippen LogP contribution in [0.4, 0.5) is 0 Å². The fourth-order valence-electron chi connectivity index (χ4n) is 2.63. The van der Waals surface area contributed by atoms with Gasteiger partial charge in [0.15, 0.2) is 0 Å². The number of rotatable bonds is 9. The molecule has 1 aliphatic heterocycles. The van der Waals surface area contributed by atoms with Crippen molar-refractivity contribution in [3.63, 3.8) is 0 Å². The summed E-state index contributed by atoms with van der Waals surface area (Å²) in [6.07, 6.45) is 4.07. The molecule has 1 atom stereocenters. The van der Waals surface area contributed by atoms with Gasteiger partial charge < -0.3 is 19.7 Å². The lowest BCUT2D eigenvalue weighted by Crippen LogP contribution is -2.33. The van der Waals surface area contributed by atoms with Crippen molar-refractivity contribution in [3.05, 3.63) is 24.2 Å². The van der Waals surface area contributed by atoms with Crippen molar-refractivity contribution in [2.75, 3.05) is 13.1 Å². The van der Waals surface area contributed by atoms with Gasteiger partial charge in [-0.3, -0.25) is 14.4 Å². The van der Waals surface area contributed by atoms with Crippen LogP contribution in [-0.4, -0.2) is 40.9 Å². The van der Waals surface area contributed by atoms with E-state index in [0.717, 1.165) is 12.8 Å². The number of nitrogens with one attached hydrogen (secondary N) is 1. The van der Waals surface area contributed by atoms with Crippen molar-refractivity contribution in [2.24, 2.45) is 5.92 Å². The molecular weight excluding hydrogens is 300 g/mol. The maximum Gasteiger partial charge on any atom is 0.303 e. The Morgan fingerprint density at radius 3 is 2.87 bits per heavy atom. The molecular formula is C16H22N2O5. The Hall–Kier alpha value is -2.31. The third-order valence-electron chi connectivity index (χ3n) is 3.88. The first kappa shape index (κ1) is 17.1. The standard InChI is InChI=1S/C16H22N2O5/c19-14-9-12(10-18(14)11-13-5-4-8-23-13)16(22)17-7-3-1-2-6-15(20)21/h4-5,8,12H,1-3,6-7,9-11H2,(H,17,22)(H,20,21). The minimum atomic E-state index is -0.796. The molecule has 0 bridgehead atoms. The molecule has 0 radical (unpaired) electrons. The number of carbonyl (C=O) groups excluding carboxylic acids is 2. The Kier molecular flexibility index (Phi) is 6.19. The average Bonchev–Trinajstić information content (AvgIpc) is 3.13. The van der Waals surface area contributed by atoms with Crippen LogP contribution in [0.2, 0.25) is 0 Å². The maximum atomic E-state index is 12.1. The maximum absolute atomic E-state index is 12.1. The van der Waals surface area contributed by atoms with E-state index in [4.69, 9.17) is 9.52 Å². The van der Waals surface area contributed by atoms with E-state index in [1.54, 1.807) is 23.3 Å². The SMILES string of the molecule is O=C(O)CCCCCNC(=O)C1CC(=O)N(Cc2ccco2)C1. The van der Waals surface area contributed by atoms with Crippen molar-refractivity contribution < 1.29 is 23.9 Å². The van der Waals surface area contributed by atoms with E-state index in [1.807, 2.05) is 0 Å². The van der Waals surface area contributed by atoms with E-state index in [9.17, 15) is 14.4 Å². The first-order valence-corrected chi connectivity index (χ1v) is 7.86. The summed E-state index contributed by atoms with van der Waals surface area (Å²) in [4.78, 5) is 36.0. The van der Waals surface area contributed by atoms with Crippen LogP contribution in [0.5, 0.6) is 0 Å². The van der Waals surface area contributed by atoms with Gasteiger partial charge >= 0.3 is 5.97 Å². The van der Waals surface area contributed by atoms with E-state index in [-0.39, 0.29) is 30.6 Å². The van der Waals surface area contributed by atoms with Crippen molar-refractivity contribution in [2.45, 2.75) is 38.6 Å². The summed E-state index contributed by atoms with van der Waals surface area (Å²) in [5, 5.41) is 11.4. The quantitative estimate of drug-likeness (QED) is 0.669. The predicted molar refractivity (Wildman–Crippen MR) is 81.3 cm³/mol. The number of amides is 2. The van der Waals surface area contributed by atoms with Crippen LogP contribution >= 0.6 is 0 Å². The lowest BCUT2D eigenvalue weighted by atomic mass is 10.1. The highest BCUT2D eigenvalue weighted by molar-refractivity contribution is 5.89. The van der Waals surface area contributed by atoms with Crippen LogP contribution in [0.15, 0.2) is 22.8 Å². The topological polar surface area (TPSA) is 99.8 Å². The molecule has 1 aromatic heterocycles. The third-order valence-corrected chi connectivity index (χ3v) is 3.88. The van der Waals surface area contributed by atoms with Gasteiger partial charge in [-0.15, -0.1) is 0 Å². The zero-order valence-corrected chi connectivity index (χ0v) is 13.0. The first-order valence-electron chi connectivity index (χ1n) is 7.86. The third kappa shape index (κ3) is 5.43. The fraction of sp³-hybridized carbons (Fsp3) is 0.562. The van der Waals surface area contributed by atoms with E-state index < -0.39 is 5.97 Å². The van der Waals surface area contributed by atoms with Gasteiger partial charge in [-0.25, -0.2) is 0 Å². The minimum Gasteiger partial charge on any atom is -0.481 e. The molecule has 0 spiro atoms. The van der Waals surface area contributed by atoms with Crippen LogP contribution in [0.25, 0.3) is 0 Å². The molecule has 23 heavy (non-hydrogen) atoms. The Labute approximate surface area is 134 Å². The fourth-order valence-corrected chi connectivity index (χ4v) is 2.63. The zero-order valence-electron chi connectivity index (χ0n) is 13.0. The molecule has 1 saturated heterocycles. The molecule has 7 nitrogen and oxygen atoms in total. The van der Waals surface area contributed by atoms with Crippen molar-refractivity contribution in [1.29, 1.82) is 0 Å². The normalized spacial score (nSPS) is 17.5. The van der Waals surface area contributed by atoms with Crippen LogP contribution in [0.1, 0.15) is 37.9 Å².